The van der Waals surface area contributed by atoms with E-state index in [0.717, 1.165) is 37.0 Å². The summed E-state index contributed by atoms with van der Waals surface area (Å²) in [5, 5.41) is 10.3. The summed E-state index contributed by atoms with van der Waals surface area (Å²) in [6.07, 6.45) is 4.81. The molecule has 2 aromatic heterocycles. The van der Waals surface area contributed by atoms with Crippen molar-refractivity contribution >= 4 is 41.0 Å². The molecular formula is C22H36ClN5O4. The number of carbonyl (C=O) groups is 2. The molecule has 3 rings (SSSR count). The van der Waals surface area contributed by atoms with Crippen molar-refractivity contribution in [2.24, 2.45) is 0 Å². The number of nitrogens with zero attached hydrogens (tertiary/aromatic N) is 4. The Kier molecular flexibility index (Phi) is 13.9. The Morgan fingerprint density at radius 1 is 1.19 bits per heavy atom. The number of ether oxygens (including phenoxy) is 1. The Morgan fingerprint density at radius 2 is 1.75 bits per heavy atom. The Morgan fingerprint density at radius 3 is 2.25 bits per heavy atom. The lowest BCUT2D eigenvalue weighted by Gasteiger charge is -2.29. The Labute approximate surface area is 195 Å². The second-order valence-corrected chi connectivity index (χ2v) is 7.95. The van der Waals surface area contributed by atoms with Crippen molar-refractivity contribution in [1.29, 1.82) is 0 Å². The third-order valence-electron chi connectivity index (χ3n) is 3.99. The van der Waals surface area contributed by atoms with Crippen molar-refractivity contribution in [1.82, 2.24) is 19.9 Å². The van der Waals surface area contributed by atoms with Crippen LogP contribution in [0.4, 0.5) is 10.6 Å². The molecule has 2 N–H and O–H groups in total. The van der Waals surface area contributed by atoms with Gasteiger partial charge in [-0.3, -0.25) is 4.79 Å². The van der Waals surface area contributed by atoms with Crippen molar-refractivity contribution in [3.05, 3.63) is 23.1 Å². The largest absolute Gasteiger partial charge is 0.483 e. The molecule has 32 heavy (non-hydrogen) atoms. The molecule has 0 unspecified atom stereocenters. The zero-order valence-corrected chi connectivity index (χ0v) is 20.9. The highest BCUT2D eigenvalue weighted by Crippen LogP contribution is 2.22. The molecule has 10 heteroatoms. The maximum absolute atomic E-state index is 11.5. The third kappa shape index (κ3) is 10.6. The van der Waals surface area contributed by atoms with Gasteiger partial charge < -0.3 is 20.1 Å². The predicted octanol–water partition coefficient (Wildman–Crippen LogP) is 5.16. The van der Waals surface area contributed by atoms with Gasteiger partial charge in [-0.2, -0.15) is 0 Å². The molecule has 0 aromatic carbocycles. The van der Waals surface area contributed by atoms with Gasteiger partial charge in [0.05, 0.1) is 5.52 Å². The first-order valence-electron chi connectivity index (χ1n) is 10.6. The molecular weight excluding hydrogens is 434 g/mol. The number of aromatic nitrogens is 3. The number of rotatable bonds is 1. The Balaban J connectivity index is 0.000000502. The van der Waals surface area contributed by atoms with Gasteiger partial charge in [-0.15, -0.1) is 0 Å². The van der Waals surface area contributed by atoms with E-state index in [2.05, 4.69) is 20.3 Å². The van der Waals surface area contributed by atoms with Gasteiger partial charge in [0.25, 0.3) is 6.47 Å². The van der Waals surface area contributed by atoms with Crippen LogP contribution in [0.25, 0.3) is 11.0 Å². The smallest absolute Gasteiger partial charge is 0.410 e. The first kappa shape index (κ1) is 29.3. The molecule has 0 aliphatic carbocycles. The number of carboxylic acid groups (broad SMARTS) is 1. The van der Waals surface area contributed by atoms with Gasteiger partial charge in [-0.05, 0) is 58.6 Å². The highest BCUT2D eigenvalue weighted by molar-refractivity contribution is 6.30. The summed E-state index contributed by atoms with van der Waals surface area (Å²) in [6.45, 7) is 13.1. The molecule has 0 radical (unpaired) electrons. The number of hydrogen-bond acceptors (Lipinski definition) is 7. The number of pyridine rings is 1. The van der Waals surface area contributed by atoms with E-state index in [1.54, 1.807) is 18.0 Å². The minimum atomic E-state index is -0.367. The van der Waals surface area contributed by atoms with E-state index in [1.807, 2.05) is 41.5 Å². The first-order chi connectivity index (χ1) is 15.1. The lowest BCUT2D eigenvalue weighted by Crippen LogP contribution is -2.39. The average molecular weight is 470 g/mol. The number of fused-ring (bicyclic) bond motifs is 1. The van der Waals surface area contributed by atoms with Crippen molar-refractivity contribution in [3.63, 3.8) is 0 Å². The predicted molar refractivity (Wildman–Crippen MR) is 128 cm³/mol. The normalized spacial score (nSPS) is 12.7. The fourth-order valence-corrected chi connectivity index (χ4v) is 2.99. The number of likely N-dealkylation sites (tertiary alicyclic amines) is 1. The monoisotopic (exact) mass is 469 g/mol. The summed E-state index contributed by atoms with van der Waals surface area (Å²) in [5.74, 6) is 0.695. The van der Waals surface area contributed by atoms with Crippen LogP contribution in [0.1, 0.15) is 59.4 Å². The minimum absolute atomic E-state index is 0.160. The fourth-order valence-electron chi connectivity index (χ4n) is 2.75. The molecule has 0 atom stereocenters. The number of nitrogens with one attached hydrogen (secondary N) is 1. The molecule has 1 fully saturated rings. The van der Waals surface area contributed by atoms with Crippen LogP contribution in [0.2, 0.25) is 5.15 Å². The van der Waals surface area contributed by atoms with Crippen molar-refractivity contribution in [3.8, 4) is 0 Å². The quantitative estimate of drug-likeness (QED) is 0.434. The van der Waals surface area contributed by atoms with Crippen LogP contribution in [0.5, 0.6) is 0 Å². The van der Waals surface area contributed by atoms with Crippen LogP contribution in [-0.4, -0.2) is 63.3 Å². The van der Waals surface area contributed by atoms with Crippen LogP contribution in [-0.2, 0) is 9.53 Å². The molecule has 1 saturated heterocycles. The molecule has 1 amide bonds. The van der Waals surface area contributed by atoms with Gasteiger partial charge in [0.1, 0.15) is 22.6 Å². The molecule has 3 heterocycles. The standard InChI is InChI=1S/C10H19NO2.C9H9ClN4.C2H6.CH2O2/c1-10(2,3)13-9(12)11-7-5-4-6-8-11;1-5-3-6(10)14-8-7(5)12-4-13-9(8)11-2;1-2;2-1-3/h4-8H2,1-3H3;3-4H,1-2H3,(H,11,12,13);1-2H3;1H,(H,2,3). The van der Waals surface area contributed by atoms with E-state index < -0.39 is 0 Å². The van der Waals surface area contributed by atoms with Crippen molar-refractivity contribution in [2.75, 3.05) is 25.5 Å². The second kappa shape index (κ2) is 15.2. The van der Waals surface area contributed by atoms with Crippen LogP contribution in [0, 0.1) is 6.92 Å². The maximum atomic E-state index is 11.5. The van der Waals surface area contributed by atoms with Gasteiger partial charge in [-0.1, -0.05) is 25.4 Å². The number of anilines is 1. The van der Waals surface area contributed by atoms with E-state index >= 15 is 0 Å². The molecule has 9 nitrogen and oxygen atoms in total. The van der Waals surface area contributed by atoms with Gasteiger partial charge in [-0.25, -0.2) is 19.7 Å². The zero-order chi connectivity index (χ0) is 24.7. The van der Waals surface area contributed by atoms with E-state index in [1.165, 1.54) is 12.7 Å². The van der Waals surface area contributed by atoms with E-state index in [0.29, 0.717) is 16.5 Å². The van der Waals surface area contributed by atoms with Crippen LogP contribution < -0.4 is 5.32 Å². The number of halogens is 1. The average Bonchev–Trinajstić information content (AvgIpc) is 2.75. The molecule has 180 valence electrons. The number of amides is 1. The zero-order valence-electron chi connectivity index (χ0n) is 20.1. The highest BCUT2D eigenvalue weighted by Gasteiger charge is 2.22. The van der Waals surface area contributed by atoms with Gasteiger partial charge in [0, 0.05) is 20.1 Å². The molecule has 2 aromatic rings. The second-order valence-electron chi connectivity index (χ2n) is 7.56. The van der Waals surface area contributed by atoms with E-state index in [4.69, 9.17) is 26.2 Å². The first-order valence-corrected chi connectivity index (χ1v) is 11.0. The number of piperidine rings is 1. The van der Waals surface area contributed by atoms with Crippen LogP contribution in [0.3, 0.4) is 0 Å². The third-order valence-corrected chi connectivity index (χ3v) is 4.19. The minimum Gasteiger partial charge on any atom is -0.483 e. The highest BCUT2D eigenvalue weighted by atomic mass is 35.5. The van der Waals surface area contributed by atoms with Crippen LogP contribution >= 0.6 is 11.6 Å². The summed E-state index contributed by atoms with van der Waals surface area (Å²) >= 11 is 5.86. The number of aryl methyl sites for hydroxylation is 1. The summed E-state index contributed by atoms with van der Waals surface area (Å²) in [6, 6.07) is 1.79. The molecule has 0 saturated carbocycles. The lowest BCUT2D eigenvalue weighted by molar-refractivity contribution is -0.122. The Hall–Kier alpha value is -2.68. The maximum Gasteiger partial charge on any atom is 0.410 e. The summed E-state index contributed by atoms with van der Waals surface area (Å²) in [5.41, 5.74) is 2.17. The Bertz CT molecular complexity index is 837. The summed E-state index contributed by atoms with van der Waals surface area (Å²) < 4.78 is 5.26. The van der Waals surface area contributed by atoms with E-state index in [9.17, 15) is 4.79 Å². The SMILES string of the molecule is CC.CC(C)(C)OC(=O)N1CCCCC1.CNc1ncnc2c(C)cc(Cl)nc12.O=CO. The number of carbonyl (C=O) groups excluding carboxylic acids is 1. The molecule has 1 aliphatic rings. The van der Waals surface area contributed by atoms with Crippen LogP contribution in [0.15, 0.2) is 12.4 Å². The molecule has 0 spiro atoms. The van der Waals surface area contributed by atoms with E-state index in [-0.39, 0.29) is 18.2 Å². The lowest BCUT2D eigenvalue weighted by atomic mass is 10.1. The van der Waals surface area contributed by atoms with Gasteiger partial charge in [0.2, 0.25) is 0 Å². The van der Waals surface area contributed by atoms with Crippen molar-refractivity contribution in [2.45, 2.75) is 66.4 Å². The molecule has 0 bridgehead atoms. The summed E-state index contributed by atoms with van der Waals surface area (Å²) in [7, 11) is 1.79. The van der Waals surface area contributed by atoms with Gasteiger partial charge in [0.15, 0.2) is 5.82 Å². The number of hydrogen-bond donors (Lipinski definition) is 2. The molecule has 1 aliphatic heterocycles. The fraction of sp³-hybridized carbons (Fsp3) is 0.591. The summed E-state index contributed by atoms with van der Waals surface area (Å²) in [4.78, 5) is 34.1. The van der Waals surface area contributed by atoms with Crippen molar-refractivity contribution < 1.29 is 19.4 Å². The topological polar surface area (TPSA) is 118 Å². The van der Waals surface area contributed by atoms with Gasteiger partial charge >= 0.3 is 6.09 Å².